The largest absolute Gasteiger partial charge is 0.508 e. The average molecular weight is 1860 g/mol. The van der Waals surface area contributed by atoms with Gasteiger partial charge in [-0.3, -0.25) is 69.4 Å². The first-order chi connectivity index (χ1) is 65.2. The van der Waals surface area contributed by atoms with E-state index < -0.39 is 76.1 Å². The molecule has 11 aromatic rings. The highest BCUT2D eigenvalue weighted by Gasteiger charge is 2.43. The molecular weight excluding hydrogens is 1770 g/mol. The lowest BCUT2D eigenvalue weighted by atomic mass is 9.98. The van der Waals surface area contributed by atoms with Gasteiger partial charge in [0.1, 0.15) is 70.6 Å². The van der Waals surface area contributed by atoms with Crippen LogP contribution in [0.5, 0.6) is 40.2 Å². The number of nitro groups is 1. The van der Waals surface area contributed by atoms with E-state index in [9.17, 15) is 88.1 Å². The molecule has 2 atom stereocenters. The Kier molecular flexibility index (Phi) is 28.3. The Hall–Kier alpha value is -16.3. The van der Waals surface area contributed by atoms with Crippen LogP contribution in [0.2, 0.25) is 0 Å². The fraction of sp³-hybridized carbons (Fsp3) is 0.284. The maximum Gasteiger partial charge on any atom is 0.415 e. The summed E-state index contributed by atoms with van der Waals surface area (Å²) in [5.74, 6) is -4.02. The molecule has 17 rings (SSSR count). The number of phenols is 4. The number of halogens is 2. The Bertz CT molecular complexity index is 6640. The summed E-state index contributed by atoms with van der Waals surface area (Å²) in [5, 5.41) is 81.5. The molecule has 6 aliphatic rings. The van der Waals surface area contributed by atoms with Crippen LogP contribution in [0.15, 0.2) is 179 Å². The number of carbonyl (C=O) groups is 10. The van der Waals surface area contributed by atoms with E-state index in [-0.39, 0.29) is 175 Å². The molecule has 136 heavy (non-hydrogen) atoms. The van der Waals surface area contributed by atoms with Gasteiger partial charge in [-0.1, -0.05) is 82.3 Å². The number of aliphatic hydroxyl groups excluding tert-OH is 1. The van der Waals surface area contributed by atoms with Crippen molar-refractivity contribution >= 4 is 71.1 Å². The Labute approximate surface area is 772 Å². The van der Waals surface area contributed by atoms with Crippen LogP contribution in [0, 0.1) is 21.7 Å². The Balaban J connectivity index is 0.000000166. The molecule has 9 amide bonds. The molecule has 0 bridgehead atoms. The number of carbonyl (C=O) groups excluding carboxylic acids is 10. The molecule has 39 nitrogen and oxygen atoms in total. The van der Waals surface area contributed by atoms with Gasteiger partial charge in [0.2, 0.25) is 23.6 Å². The molecule has 0 spiro atoms. The molecule has 41 heteroatoms. The minimum absolute atomic E-state index is 0.0525. The highest BCUT2D eigenvalue weighted by atomic mass is 19.1. The molecule has 8 heterocycles. The van der Waals surface area contributed by atoms with Gasteiger partial charge >= 0.3 is 35.6 Å². The second kappa shape index (κ2) is 40.8. The van der Waals surface area contributed by atoms with Crippen molar-refractivity contribution in [3.63, 3.8) is 0 Å². The van der Waals surface area contributed by atoms with E-state index in [1.165, 1.54) is 62.9 Å². The third-order valence-electron chi connectivity index (χ3n) is 23.9. The van der Waals surface area contributed by atoms with Gasteiger partial charge < -0.3 is 64.1 Å². The fourth-order valence-electron chi connectivity index (χ4n) is 16.6. The molecule has 2 unspecified atom stereocenters. The van der Waals surface area contributed by atoms with Crippen LogP contribution in [0.4, 0.5) is 34.5 Å². The first kappa shape index (κ1) is 94.3. The molecular formula is C95H92F2N16O23. The topological polar surface area (TPSA) is 509 Å². The summed E-state index contributed by atoms with van der Waals surface area (Å²) in [6.07, 6.45) is -1.15. The van der Waals surface area contributed by atoms with Crippen LogP contribution in [0.3, 0.4) is 0 Å². The second-order valence-corrected chi connectivity index (χ2v) is 33.5. The smallest absolute Gasteiger partial charge is 0.415 e. The summed E-state index contributed by atoms with van der Waals surface area (Å²) in [5.41, 5.74) is 5.59. The van der Waals surface area contributed by atoms with Crippen LogP contribution in [0.1, 0.15) is 136 Å². The molecule has 704 valence electrons. The fourth-order valence-corrected chi connectivity index (χ4v) is 16.6. The van der Waals surface area contributed by atoms with Gasteiger partial charge in [0, 0.05) is 149 Å². The highest BCUT2D eigenvalue weighted by molar-refractivity contribution is 6.07. The lowest BCUT2D eigenvalue weighted by Crippen LogP contribution is -2.52. The predicted octanol–water partition coefficient (Wildman–Crippen LogP) is 9.94. The molecule has 9 aromatic carbocycles. The quantitative estimate of drug-likeness (QED) is 0.00991. The number of imide groups is 2. The zero-order valence-corrected chi connectivity index (χ0v) is 73.7. The van der Waals surface area contributed by atoms with Gasteiger partial charge in [-0.2, -0.15) is 10.2 Å². The number of aromatic hydroxyl groups is 4. The number of H-pyrrole nitrogens is 2. The number of aromatic nitrogens is 6. The number of rotatable bonds is 22. The normalized spacial score (nSPS) is 16.1. The molecule has 0 saturated carbocycles. The number of fused-ring (bicyclic) bond motifs is 2. The molecule has 2 aromatic heterocycles. The summed E-state index contributed by atoms with van der Waals surface area (Å²) < 4.78 is 54.9. The number of nitrogens with zero attached hydrogens (tertiary/aromatic N) is 11. The zero-order valence-electron chi connectivity index (χ0n) is 73.7. The highest BCUT2D eigenvalue weighted by Crippen LogP contribution is 2.41. The number of aliphatic hydroxyl groups is 1. The number of ether oxygens (including phenoxy) is 4. The number of non-ortho nitro benzene ring substituents is 1. The Morgan fingerprint density at radius 2 is 0.941 bits per heavy atom. The lowest BCUT2D eigenvalue weighted by molar-refractivity contribution is -0.384. The van der Waals surface area contributed by atoms with Crippen molar-refractivity contribution in [2.75, 3.05) is 57.7 Å². The lowest BCUT2D eigenvalue weighted by Gasteiger charge is -2.34. The molecule has 6 aliphatic heterocycles. The van der Waals surface area contributed by atoms with Crippen molar-refractivity contribution < 1.29 is 106 Å². The zero-order chi connectivity index (χ0) is 96.6. The van der Waals surface area contributed by atoms with Crippen LogP contribution in [0.25, 0.3) is 34.2 Å². The number of benzene rings is 9. The number of piperazine rings is 2. The van der Waals surface area contributed by atoms with Gasteiger partial charge in [-0.25, -0.2) is 52.1 Å². The van der Waals surface area contributed by atoms with Gasteiger partial charge in [0.25, 0.3) is 17.5 Å². The van der Waals surface area contributed by atoms with Gasteiger partial charge in [0.15, 0.2) is 11.6 Å². The van der Waals surface area contributed by atoms with Crippen molar-refractivity contribution in [2.24, 2.45) is 0 Å². The van der Waals surface area contributed by atoms with E-state index in [1.54, 1.807) is 131 Å². The number of phenolic OH excluding ortho intramolecular Hbond substituents is 4. The maximum absolute atomic E-state index is 15.6. The van der Waals surface area contributed by atoms with Gasteiger partial charge in [-0.05, 0) is 149 Å². The first-order valence-corrected chi connectivity index (χ1v) is 43.3. The average Bonchev–Trinajstić information content (AvgIpc) is 1.62. The minimum atomic E-state index is -0.790. The number of hydrogen-bond acceptors (Lipinski definition) is 27. The molecule has 0 radical (unpaired) electrons. The number of esters is 1. The molecule has 4 fully saturated rings. The van der Waals surface area contributed by atoms with E-state index in [0.29, 0.717) is 126 Å². The van der Waals surface area contributed by atoms with Crippen molar-refractivity contribution in [1.82, 2.24) is 69.6 Å². The van der Waals surface area contributed by atoms with Crippen molar-refractivity contribution in [3.05, 3.63) is 274 Å². The monoisotopic (exact) mass is 1860 g/mol. The SMILES string of the molecule is CC(C)c1cc(-c2n[nH]c(=O)n2-c2ccc(CN3CCN(C(=O)Oc4ccc(CO)cc4)CC3)c(F)c2)c(O)cc1O.CC(C)c1cc(-c2n[nH]c(=O)n2-c2ccc(CN3CCN(C(=O)Oc4ccc(COC(=O)Nc5cccc6c5CN(C5CCC(=O)NC5=O)C6=O)cc4)CC3)c(F)c2)c(O)cc1O.O=C1CCC(N2Cc3c(CC(=O)Oc4ccc([N+](=O)[O-])cc4)cccc3C2=O)C(=O)N1. The maximum atomic E-state index is 15.6. The van der Waals surface area contributed by atoms with Crippen LogP contribution in [-0.2, 0) is 74.5 Å². The Morgan fingerprint density at radius 3 is 1.38 bits per heavy atom. The number of nitro benzene ring substituents is 1. The number of aromatic amines is 2. The predicted molar refractivity (Wildman–Crippen MR) is 480 cm³/mol. The van der Waals surface area contributed by atoms with Crippen LogP contribution >= 0.6 is 0 Å². The van der Waals surface area contributed by atoms with Gasteiger partial charge in [0.05, 0.1) is 40.5 Å². The van der Waals surface area contributed by atoms with E-state index in [2.05, 4.69) is 36.3 Å². The standard InChI is InChI=1S/C44H43FN8O10.C30H32FN5O6.C21H17N3O7/c1-24(2)30-19-31(37(55)20-36(30)54)39-48-49-42(59)53(39)27-9-8-26(33(45)18-27)21-50-14-16-51(17-15-50)44(61)63-28-10-6-25(7-11-28)23-62-43(60)46-34-5-3-4-29-32(34)22-52(41(29)58)35-12-13-38(56)47-40(35)57;1-18(2)23-14-24(27(39)15-26(23)38)28-32-33-29(40)36(28)21-6-5-20(25(31)13-21)16-34-9-11-35(12-10-34)30(41)42-22-7-3-19(17-37)4-8-22;25-18-9-8-17(20(27)22-18)23-11-16-12(2-1-3-15(16)21(23)28)10-19(26)31-14-6-4-13(5-7-14)24(29)30/h3-11,18-20,24,35,54-55H,12-17,21-23H2,1-2H3,(H,46,60)(H,49,59)(H,47,56,57);3-8,13-15,18,37-39H,9-12,16-17H2,1-2H3,(H,33,40);1-7,17H,8-11H2,(H,22,25,27). The van der Waals surface area contributed by atoms with Gasteiger partial charge in [-0.15, -0.1) is 0 Å². The number of piperidine rings is 2. The van der Waals surface area contributed by atoms with Crippen molar-refractivity contribution in [1.29, 1.82) is 0 Å². The van der Waals surface area contributed by atoms with E-state index in [4.69, 9.17) is 24.1 Å². The molecule has 4 saturated heterocycles. The minimum Gasteiger partial charge on any atom is -0.508 e. The number of anilines is 1. The van der Waals surface area contributed by atoms with E-state index in [1.807, 2.05) is 37.5 Å². The number of nitrogens with one attached hydrogen (secondary N) is 5. The summed E-state index contributed by atoms with van der Waals surface area (Å²) in [6.45, 7) is 11.5. The molecule has 0 aliphatic carbocycles. The van der Waals surface area contributed by atoms with E-state index in [0.717, 1.165) is 10.1 Å². The van der Waals surface area contributed by atoms with Crippen LogP contribution < -0.4 is 41.5 Å². The summed E-state index contributed by atoms with van der Waals surface area (Å²) >= 11 is 0. The van der Waals surface area contributed by atoms with Crippen molar-refractivity contribution in [3.8, 4) is 74.4 Å². The number of amides is 9. The van der Waals surface area contributed by atoms with Crippen molar-refractivity contribution in [2.45, 2.75) is 123 Å². The second-order valence-electron chi connectivity index (χ2n) is 33.5. The third kappa shape index (κ3) is 21.2. The first-order valence-electron chi connectivity index (χ1n) is 43.3. The van der Waals surface area contributed by atoms with Crippen LogP contribution in [-0.4, -0.2) is 214 Å². The third-order valence-corrected chi connectivity index (χ3v) is 23.9. The number of hydrogen-bond donors (Lipinski definition) is 10. The summed E-state index contributed by atoms with van der Waals surface area (Å²) in [7, 11) is 0. The summed E-state index contributed by atoms with van der Waals surface area (Å²) in [6, 6.07) is 40.9. The van der Waals surface area contributed by atoms with E-state index >= 15 is 8.78 Å². The summed E-state index contributed by atoms with van der Waals surface area (Å²) in [4.78, 5) is 170. The Morgan fingerprint density at radius 1 is 0.507 bits per heavy atom. The molecule has 10 N–H and O–H groups in total.